The molecule has 0 radical (unpaired) electrons. The van der Waals surface area contributed by atoms with Crippen LogP contribution >= 0.6 is 11.6 Å². The Morgan fingerprint density at radius 2 is 1.86 bits per heavy atom. The summed E-state index contributed by atoms with van der Waals surface area (Å²) in [5.41, 5.74) is 1.95. The van der Waals surface area contributed by atoms with Gasteiger partial charge in [0.15, 0.2) is 0 Å². The van der Waals surface area contributed by atoms with Crippen molar-refractivity contribution in [3.8, 4) is 17.0 Å². The van der Waals surface area contributed by atoms with Crippen LogP contribution in [0.1, 0.15) is 19.8 Å². The van der Waals surface area contributed by atoms with Crippen LogP contribution in [0.25, 0.3) is 11.3 Å². The Bertz CT molecular complexity index is 1030. The minimum atomic E-state index is -0.203. The molecule has 0 atom stereocenters. The van der Waals surface area contributed by atoms with E-state index in [0.717, 1.165) is 11.3 Å². The highest BCUT2D eigenvalue weighted by Crippen LogP contribution is 2.21. The normalized spacial score (nSPS) is 10.6. The number of para-hydroxylation sites is 1. The van der Waals surface area contributed by atoms with E-state index >= 15 is 0 Å². The molecule has 1 heterocycles. The average molecular weight is 412 g/mol. The van der Waals surface area contributed by atoms with E-state index in [1.807, 2.05) is 31.2 Å². The third kappa shape index (κ3) is 5.68. The number of hydrogen-bond acceptors (Lipinski definition) is 4. The lowest BCUT2D eigenvalue weighted by Crippen LogP contribution is -2.23. The van der Waals surface area contributed by atoms with Gasteiger partial charge in [0.1, 0.15) is 5.75 Å². The van der Waals surface area contributed by atoms with Gasteiger partial charge in [-0.2, -0.15) is 5.10 Å². The molecule has 6 nitrogen and oxygen atoms in total. The summed E-state index contributed by atoms with van der Waals surface area (Å²) in [5, 5.41) is 7.68. The minimum absolute atomic E-state index is 0.159. The summed E-state index contributed by atoms with van der Waals surface area (Å²) in [7, 11) is 0. The molecule has 1 amide bonds. The number of aromatic nitrogens is 2. The number of nitrogens with zero attached hydrogens (tertiary/aromatic N) is 2. The van der Waals surface area contributed by atoms with Crippen LogP contribution in [0.4, 0.5) is 5.69 Å². The van der Waals surface area contributed by atoms with Crippen LogP contribution < -0.4 is 15.6 Å². The van der Waals surface area contributed by atoms with Crippen molar-refractivity contribution >= 4 is 23.2 Å². The Morgan fingerprint density at radius 1 is 1.10 bits per heavy atom. The van der Waals surface area contributed by atoms with Gasteiger partial charge in [-0.1, -0.05) is 23.7 Å². The molecule has 3 rings (SSSR count). The lowest BCUT2D eigenvalue weighted by atomic mass is 10.1. The van der Waals surface area contributed by atoms with Crippen LogP contribution in [0, 0.1) is 0 Å². The number of benzene rings is 2. The number of carbonyl (C=O) groups excluding carboxylic acids is 1. The van der Waals surface area contributed by atoms with Gasteiger partial charge < -0.3 is 10.1 Å². The van der Waals surface area contributed by atoms with Gasteiger partial charge in [-0.25, -0.2) is 4.68 Å². The molecule has 7 heteroatoms. The summed E-state index contributed by atoms with van der Waals surface area (Å²) in [4.78, 5) is 24.2. The van der Waals surface area contributed by atoms with Crippen LogP contribution in [0.5, 0.6) is 5.75 Å². The zero-order valence-corrected chi connectivity index (χ0v) is 16.9. The molecule has 3 aromatic rings. The highest BCUT2D eigenvalue weighted by Gasteiger charge is 2.08. The van der Waals surface area contributed by atoms with Crippen LogP contribution in [-0.4, -0.2) is 22.3 Å². The first-order chi connectivity index (χ1) is 14.1. The van der Waals surface area contributed by atoms with Crippen LogP contribution in [0.3, 0.4) is 0 Å². The fourth-order valence-corrected chi connectivity index (χ4v) is 3.00. The third-order valence-corrected chi connectivity index (χ3v) is 4.58. The summed E-state index contributed by atoms with van der Waals surface area (Å²) >= 11 is 6.04. The van der Waals surface area contributed by atoms with E-state index in [9.17, 15) is 9.59 Å². The molecule has 0 saturated heterocycles. The van der Waals surface area contributed by atoms with Crippen molar-refractivity contribution in [1.82, 2.24) is 9.78 Å². The molecule has 0 aliphatic rings. The molecule has 0 bridgehead atoms. The molecule has 29 heavy (non-hydrogen) atoms. The van der Waals surface area contributed by atoms with E-state index in [0.29, 0.717) is 36.0 Å². The number of aryl methyl sites for hydroxylation is 1. The minimum Gasteiger partial charge on any atom is -0.494 e. The average Bonchev–Trinajstić information content (AvgIpc) is 2.72. The number of ether oxygens (including phenoxy) is 1. The van der Waals surface area contributed by atoms with Gasteiger partial charge in [0.05, 0.1) is 23.0 Å². The maximum Gasteiger partial charge on any atom is 0.266 e. The van der Waals surface area contributed by atoms with E-state index in [2.05, 4.69) is 10.4 Å². The van der Waals surface area contributed by atoms with Crippen molar-refractivity contribution in [2.45, 2.75) is 26.3 Å². The van der Waals surface area contributed by atoms with Gasteiger partial charge in [-0.3, -0.25) is 9.59 Å². The van der Waals surface area contributed by atoms with E-state index < -0.39 is 0 Å². The Kier molecular flexibility index (Phi) is 7.03. The van der Waals surface area contributed by atoms with Crippen molar-refractivity contribution in [2.75, 3.05) is 11.9 Å². The standard InChI is InChI=1S/C22H22ClN3O3/c1-2-29-17-11-9-16(10-12-17)19-13-14-22(28)26(25-19)15-5-8-21(27)24-20-7-4-3-6-18(20)23/h3-4,6-7,9-14H,2,5,8,15H2,1H3,(H,24,27). The number of hydrogen-bond donors (Lipinski definition) is 1. The van der Waals surface area contributed by atoms with Crippen molar-refractivity contribution in [2.24, 2.45) is 0 Å². The Hall–Kier alpha value is -3.12. The zero-order valence-electron chi connectivity index (χ0n) is 16.1. The Labute approximate surface area is 174 Å². The molecule has 150 valence electrons. The smallest absolute Gasteiger partial charge is 0.266 e. The summed E-state index contributed by atoms with van der Waals surface area (Å²) in [5.74, 6) is 0.628. The lowest BCUT2D eigenvalue weighted by molar-refractivity contribution is -0.116. The predicted molar refractivity (Wildman–Crippen MR) is 114 cm³/mol. The van der Waals surface area contributed by atoms with E-state index in [1.54, 1.807) is 30.3 Å². The van der Waals surface area contributed by atoms with Gasteiger partial charge in [0, 0.05) is 24.6 Å². The zero-order chi connectivity index (χ0) is 20.6. The number of halogens is 1. The lowest BCUT2D eigenvalue weighted by Gasteiger charge is -2.09. The number of anilines is 1. The predicted octanol–water partition coefficient (Wildman–Crippen LogP) is 4.38. The Balaban J connectivity index is 1.61. The Morgan fingerprint density at radius 3 is 2.59 bits per heavy atom. The van der Waals surface area contributed by atoms with E-state index in [4.69, 9.17) is 16.3 Å². The summed E-state index contributed by atoms with van der Waals surface area (Å²) in [6, 6.07) is 17.8. The first-order valence-corrected chi connectivity index (χ1v) is 9.80. The number of rotatable bonds is 8. The number of amides is 1. The van der Waals surface area contributed by atoms with Crippen molar-refractivity contribution in [1.29, 1.82) is 0 Å². The second-order valence-corrected chi connectivity index (χ2v) is 6.78. The molecule has 0 aliphatic carbocycles. The molecule has 2 aromatic carbocycles. The SMILES string of the molecule is CCOc1ccc(-c2ccc(=O)n(CCCC(=O)Nc3ccccc3Cl)n2)cc1. The van der Waals surface area contributed by atoms with Gasteiger partial charge in [-0.15, -0.1) is 0 Å². The fourth-order valence-electron chi connectivity index (χ4n) is 2.82. The van der Waals surface area contributed by atoms with Gasteiger partial charge in [0.2, 0.25) is 5.91 Å². The fraction of sp³-hybridized carbons (Fsp3) is 0.227. The van der Waals surface area contributed by atoms with Gasteiger partial charge in [-0.05, 0) is 55.8 Å². The summed E-state index contributed by atoms with van der Waals surface area (Å²) in [6.07, 6.45) is 0.739. The van der Waals surface area contributed by atoms with Crippen molar-refractivity contribution < 1.29 is 9.53 Å². The van der Waals surface area contributed by atoms with Gasteiger partial charge in [0.25, 0.3) is 5.56 Å². The summed E-state index contributed by atoms with van der Waals surface area (Å²) < 4.78 is 6.83. The van der Waals surface area contributed by atoms with Crippen LogP contribution in [0.2, 0.25) is 5.02 Å². The molecule has 0 unspecified atom stereocenters. The molecule has 0 fully saturated rings. The van der Waals surface area contributed by atoms with E-state index in [1.165, 1.54) is 10.7 Å². The first kappa shape index (κ1) is 20.6. The largest absolute Gasteiger partial charge is 0.494 e. The maximum atomic E-state index is 12.1. The molecule has 0 saturated carbocycles. The van der Waals surface area contributed by atoms with Gasteiger partial charge >= 0.3 is 0 Å². The quantitative estimate of drug-likeness (QED) is 0.597. The molecule has 1 aromatic heterocycles. The number of nitrogens with one attached hydrogen (secondary N) is 1. The van der Waals surface area contributed by atoms with Crippen LogP contribution in [-0.2, 0) is 11.3 Å². The number of carbonyl (C=O) groups is 1. The second-order valence-electron chi connectivity index (χ2n) is 6.37. The third-order valence-electron chi connectivity index (χ3n) is 4.25. The van der Waals surface area contributed by atoms with Crippen molar-refractivity contribution in [3.05, 3.63) is 76.0 Å². The maximum absolute atomic E-state index is 12.1. The van der Waals surface area contributed by atoms with Crippen molar-refractivity contribution in [3.63, 3.8) is 0 Å². The van der Waals surface area contributed by atoms with E-state index in [-0.39, 0.29) is 17.9 Å². The molecular weight excluding hydrogens is 390 g/mol. The second kappa shape index (κ2) is 9.89. The molecular formula is C22H22ClN3O3. The monoisotopic (exact) mass is 411 g/mol. The summed E-state index contributed by atoms with van der Waals surface area (Å²) in [6.45, 7) is 2.88. The highest BCUT2D eigenvalue weighted by molar-refractivity contribution is 6.33. The first-order valence-electron chi connectivity index (χ1n) is 9.42. The topological polar surface area (TPSA) is 73.2 Å². The molecule has 0 spiro atoms. The molecule has 1 N–H and O–H groups in total. The molecule has 0 aliphatic heterocycles. The highest BCUT2D eigenvalue weighted by atomic mass is 35.5. The van der Waals surface area contributed by atoms with Crippen LogP contribution in [0.15, 0.2) is 65.5 Å².